The van der Waals surface area contributed by atoms with Crippen molar-refractivity contribution in [2.24, 2.45) is 0 Å². The molecule has 1 aromatic rings. The molecule has 0 aromatic heterocycles. The van der Waals surface area contributed by atoms with Gasteiger partial charge in [-0.05, 0) is 17.5 Å². The summed E-state index contributed by atoms with van der Waals surface area (Å²) in [4.78, 5) is 0. The number of fused-ring (bicyclic) bond motifs is 1. The van der Waals surface area contributed by atoms with Gasteiger partial charge in [0.1, 0.15) is 0 Å². The molecule has 0 fully saturated rings. The third-order valence-corrected chi connectivity index (χ3v) is 5.49. The van der Waals surface area contributed by atoms with E-state index < -0.39 is 10.0 Å². The van der Waals surface area contributed by atoms with Gasteiger partial charge in [-0.2, -0.15) is 4.31 Å². The van der Waals surface area contributed by atoms with Gasteiger partial charge >= 0.3 is 0 Å². The largest absolute Gasteiger partial charge is 0.214 e. The zero-order valence-corrected chi connectivity index (χ0v) is 12.1. The number of hydrogen-bond donors (Lipinski definition) is 0. The standard InChI is InChI=1S/C14H21NO2S/c1-4-9-18(16,17)15-10-12-7-5-6-8-13(12)14(2,3)11-15/h5-8H,4,9-11H2,1-3H3. The SMILES string of the molecule is CCCS(=O)(=O)N1Cc2ccccc2C(C)(C)C1. The molecule has 0 bridgehead atoms. The maximum atomic E-state index is 12.2. The lowest BCUT2D eigenvalue weighted by molar-refractivity contribution is 0.300. The minimum atomic E-state index is -3.11. The smallest absolute Gasteiger partial charge is 0.212 e. The Labute approximate surface area is 110 Å². The van der Waals surface area contributed by atoms with E-state index >= 15 is 0 Å². The third-order valence-electron chi connectivity index (χ3n) is 3.52. The average molecular weight is 267 g/mol. The van der Waals surface area contributed by atoms with E-state index in [1.807, 2.05) is 25.1 Å². The maximum Gasteiger partial charge on any atom is 0.214 e. The van der Waals surface area contributed by atoms with Crippen molar-refractivity contribution in [3.05, 3.63) is 35.4 Å². The molecule has 0 N–H and O–H groups in total. The van der Waals surface area contributed by atoms with E-state index in [1.54, 1.807) is 4.31 Å². The fourth-order valence-electron chi connectivity index (χ4n) is 2.67. The second kappa shape index (κ2) is 4.67. The molecule has 1 aromatic carbocycles. The van der Waals surface area contributed by atoms with Crippen LogP contribution in [0.1, 0.15) is 38.3 Å². The van der Waals surface area contributed by atoms with Gasteiger partial charge in [-0.25, -0.2) is 8.42 Å². The van der Waals surface area contributed by atoms with Crippen LogP contribution >= 0.6 is 0 Å². The molecular weight excluding hydrogens is 246 g/mol. The summed E-state index contributed by atoms with van der Waals surface area (Å²) < 4.78 is 26.1. The molecule has 3 nitrogen and oxygen atoms in total. The second-order valence-electron chi connectivity index (χ2n) is 5.63. The predicted octanol–water partition coefficient (Wildman–Crippen LogP) is 2.52. The molecule has 0 saturated heterocycles. The molecule has 0 radical (unpaired) electrons. The minimum Gasteiger partial charge on any atom is -0.212 e. The van der Waals surface area contributed by atoms with Gasteiger partial charge in [0.25, 0.3) is 0 Å². The Kier molecular flexibility index (Phi) is 3.52. The highest BCUT2D eigenvalue weighted by Gasteiger charge is 2.36. The quantitative estimate of drug-likeness (QED) is 0.844. The van der Waals surface area contributed by atoms with Crippen molar-refractivity contribution in [1.82, 2.24) is 4.31 Å². The first-order chi connectivity index (χ1) is 8.37. The van der Waals surface area contributed by atoms with Crippen LogP contribution in [0.25, 0.3) is 0 Å². The summed E-state index contributed by atoms with van der Waals surface area (Å²) in [5.41, 5.74) is 2.29. The summed E-state index contributed by atoms with van der Waals surface area (Å²) in [5, 5.41) is 0. The fraction of sp³-hybridized carbons (Fsp3) is 0.571. The van der Waals surface area contributed by atoms with Crippen molar-refractivity contribution in [3.8, 4) is 0 Å². The summed E-state index contributed by atoms with van der Waals surface area (Å²) in [5.74, 6) is 0.241. The van der Waals surface area contributed by atoms with E-state index in [1.165, 1.54) is 5.56 Å². The van der Waals surface area contributed by atoms with Gasteiger partial charge in [-0.1, -0.05) is 45.0 Å². The number of benzene rings is 1. The Bertz CT molecular complexity index is 534. The second-order valence-corrected chi connectivity index (χ2v) is 7.71. The monoisotopic (exact) mass is 267 g/mol. The molecule has 0 unspecified atom stereocenters. The molecule has 1 aliphatic rings. The van der Waals surface area contributed by atoms with E-state index in [2.05, 4.69) is 19.9 Å². The minimum absolute atomic E-state index is 0.115. The van der Waals surface area contributed by atoms with Crippen LogP contribution in [0, 0.1) is 0 Å². The lowest BCUT2D eigenvalue weighted by Gasteiger charge is -2.39. The molecule has 0 spiro atoms. The van der Waals surface area contributed by atoms with Crippen LogP contribution in [0.15, 0.2) is 24.3 Å². The molecule has 0 atom stereocenters. The summed E-state index contributed by atoms with van der Waals surface area (Å²) in [6, 6.07) is 8.14. The van der Waals surface area contributed by atoms with Gasteiger partial charge in [0.15, 0.2) is 0 Å². The molecule has 100 valence electrons. The highest BCUT2D eigenvalue weighted by molar-refractivity contribution is 7.89. The fourth-order valence-corrected chi connectivity index (χ4v) is 4.30. The van der Waals surface area contributed by atoms with Crippen molar-refractivity contribution < 1.29 is 8.42 Å². The van der Waals surface area contributed by atoms with E-state index in [9.17, 15) is 8.42 Å². The van der Waals surface area contributed by atoms with Gasteiger partial charge in [0.05, 0.1) is 5.75 Å². The van der Waals surface area contributed by atoms with Crippen molar-refractivity contribution >= 4 is 10.0 Å². The van der Waals surface area contributed by atoms with E-state index in [0.29, 0.717) is 19.5 Å². The number of rotatable bonds is 3. The summed E-state index contributed by atoms with van der Waals surface area (Å²) >= 11 is 0. The van der Waals surface area contributed by atoms with Crippen LogP contribution in [0.3, 0.4) is 0 Å². The lowest BCUT2D eigenvalue weighted by Crippen LogP contribution is -2.45. The predicted molar refractivity (Wildman–Crippen MR) is 74.0 cm³/mol. The Hall–Kier alpha value is -0.870. The maximum absolute atomic E-state index is 12.2. The molecule has 18 heavy (non-hydrogen) atoms. The molecule has 0 aliphatic carbocycles. The molecule has 1 aliphatic heterocycles. The first-order valence-corrected chi connectivity index (χ1v) is 8.04. The van der Waals surface area contributed by atoms with Crippen molar-refractivity contribution in [2.45, 2.75) is 39.2 Å². The number of hydrogen-bond acceptors (Lipinski definition) is 2. The van der Waals surface area contributed by atoms with E-state index in [4.69, 9.17) is 0 Å². The number of nitrogens with zero attached hydrogens (tertiary/aromatic N) is 1. The highest BCUT2D eigenvalue weighted by Crippen LogP contribution is 2.34. The van der Waals surface area contributed by atoms with Crippen molar-refractivity contribution in [3.63, 3.8) is 0 Å². The van der Waals surface area contributed by atoms with Crippen LogP contribution in [0.4, 0.5) is 0 Å². The summed E-state index contributed by atoms with van der Waals surface area (Å²) in [6.45, 7) is 7.22. The summed E-state index contributed by atoms with van der Waals surface area (Å²) in [6.07, 6.45) is 0.668. The van der Waals surface area contributed by atoms with Crippen molar-refractivity contribution in [2.75, 3.05) is 12.3 Å². The van der Waals surface area contributed by atoms with Crippen LogP contribution in [-0.4, -0.2) is 25.0 Å². The molecule has 0 saturated carbocycles. The van der Waals surface area contributed by atoms with E-state index in [-0.39, 0.29) is 11.2 Å². The van der Waals surface area contributed by atoms with Gasteiger partial charge in [0, 0.05) is 18.5 Å². The highest BCUT2D eigenvalue weighted by atomic mass is 32.2. The first kappa shape index (κ1) is 13.6. The Morgan fingerprint density at radius 1 is 1.28 bits per heavy atom. The van der Waals surface area contributed by atoms with Crippen LogP contribution in [0.2, 0.25) is 0 Å². The lowest BCUT2D eigenvalue weighted by atomic mass is 9.79. The molecule has 2 rings (SSSR count). The zero-order chi connectivity index (χ0) is 13.4. The van der Waals surface area contributed by atoms with Crippen LogP contribution < -0.4 is 0 Å². The van der Waals surface area contributed by atoms with Gasteiger partial charge in [-0.3, -0.25) is 0 Å². The molecular formula is C14H21NO2S. The van der Waals surface area contributed by atoms with Crippen LogP contribution in [-0.2, 0) is 22.0 Å². The van der Waals surface area contributed by atoms with Gasteiger partial charge < -0.3 is 0 Å². The van der Waals surface area contributed by atoms with Gasteiger partial charge in [-0.15, -0.1) is 0 Å². The zero-order valence-electron chi connectivity index (χ0n) is 11.3. The average Bonchev–Trinajstić information content (AvgIpc) is 2.28. The first-order valence-electron chi connectivity index (χ1n) is 6.43. The molecule has 0 amide bonds. The number of sulfonamides is 1. The Morgan fingerprint density at radius 3 is 2.61 bits per heavy atom. The third kappa shape index (κ3) is 2.45. The van der Waals surface area contributed by atoms with E-state index in [0.717, 1.165) is 5.56 Å². The Morgan fingerprint density at radius 2 is 1.94 bits per heavy atom. The van der Waals surface area contributed by atoms with Crippen molar-refractivity contribution in [1.29, 1.82) is 0 Å². The van der Waals surface area contributed by atoms with Crippen LogP contribution in [0.5, 0.6) is 0 Å². The van der Waals surface area contributed by atoms with Gasteiger partial charge in [0.2, 0.25) is 10.0 Å². The Balaban J connectivity index is 2.38. The molecule has 4 heteroatoms. The molecule has 1 heterocycles. The summed E-state index contributed by atoms with van der Waals surface area (Å²) in [7, 11) is -3.11. The normalized spacial score (nSPS) is 19.5. The topological polar surface area (TPSA) is 37.4 Å².